The summed E-state index contributed by atoms with van der Waals surface area (Å²) in [5.74, 6) is -0.414. The van der Waals surface area contributed by atoms with Crippen molar-refractivity contribution in [3.8, 4) is 0 Å². The Morgan fingerprint density at radius 3 is 2.26 bits per heavy atom. The standard InChI is InChI=1S/C18H19BrN2O2/c1-3-12(2)20-17(22)13-5-4-6-14(11-13)18(23)21-16-9-7-15(19)8-10-16/h4-12H,3H2,1-2H3,(H,20,22)(H,21,23). The van der Waals surface area contributed by atoms with Crippen LogP contribution in [-0.2, 0) is 0 Å². The molecule has 0 saturated carbocycles. The molecule has 0 fully saturated rings. The van der Waals surface area contributed by atoms with Crippen molar-refractivity contribution in [3.05, 3.63) is 64.1 Å². The first-order valence-electron chi connectivity index (χ1n) is 7.47. The Morgan fingerprint density at radius 1 is 1.04 bits per heavy atom. The molecule has 0 spiro atoms. The molecule has 0 aromatic heterocycles. The van der Waals surface area contributed by atoms with Crippen LogP contribution in [0, 0.1) is 0 Å². The van der Waals surface area contributed by atoms with Crippen LogP contribution in [0.25, 0.3) is 0 Å². The quantitative estimate of drug-likeness (QED) is 0.822. The predicted molar refractivity (Wildman–Crippen MR) is 95.8 cm³/mol. The first-order valence-corrected chi connectivity index (χ1v) is 8.26. The van der Waals surface area contributed by atoms with Gasteiger partial charge in [-0.3, -0.25) is 9.59 Å². The summed E-state index contributed by atoms with van der Waals surface area (Å²) in [4.78, 5) is 24.4. The minimum absolute atomic E-state index is 0.0998. The van der Waals surface area contributed by atoms with Gasteiger partial charge in [0.1, 0.15) is 0 Å². The third-order valence-corrected chi connectivity index (χ3v) is 4.01. The summed E-state index contributed by atoms with van der Waals surface area (Å²) in [5.41, 5.74) is 1.63. The second-order valence-corrected chi connectivity index (χ2v) is 6.24. The Kier molecular flexibility index (Phi) is 5.93. The van der Waals surface area contributed by atoms with Gasteiger partial charge < -0.3 is 10.6 Å². The van der Waals surface area contributed by atoms with Gasteiger partial charge in [0.05, 0.1) is 0 Å². The number of hydrogen-bond donors (Lipinski definition) is 2. The lowest BCUT2D eigenvalue weighted by atomic mass is 10.1. The molecule has 0 aliphatic rings. The summed E-state index contributed by atoms with van der Waals surface area (Å²) in [6.45, 7) is 3.95. The van der Waals surface area contributed by atoms with E-state index in [0.29, 0.717) is 16.8 Å². The largest absolute Gasteiger partial charge is 0.350 e. The lowest BCUT2D eigenvalue weighted by molar-refractivity contribution is 0.0939. The molecular formula is C18H19BrN2O2. The van der Waals surface area contributed by atoms with Gasteiger partial charge in [0, 0.05) is 27.3 Å². The SMILES string of the molecule is CCC(C)NC(=O)c1cccc(C(=O)Nc2ccc(Br)cc2)c1. The van der Waals surface area contributed by atoms with Crippen LogP contribution in [0.15, 0.2) is 53.0 Å². The maximum absolute atomic E-state index is 12.3. The Hall–Kier alpha value is -2.14. The van der Waals surface area contributed by atoms with E-state index in [0.717, 1.165) is 10.9 Å². The lowest BCUT2D eigenvalue weighted by Gasteiger charge is -2.12. The van der Waals surface area contributed by atoms with Crippen molar-refractivity contribution < 1.29 is 9.59 Å². The van der Waals surface area contributed by atoms with E-state index in [1.54, 1.807) is 24.3 Å². The number of carbonyl (C=O) groups excluding carboxylic acids is 2. The number of halogens is 1. The molecule has 0 bridgehead atoms. The third kappa shape index (κ3) is 4.93. The first kappa shape index (κ1) is 17.2. The Morgan fingerprint density at radius 2 is 1.65 bits per heavy atom. The van der Waals surface area contributed by atoms with E-state index in [1.165, 1.54) is 0 Å². The fraction of sp³-hybridized carbons (Fsp3) is 0.222. The molecule has 5 heteroatoms. The van der Waals surface area contributed by atoms with Gasteiger partial charge in [-0.1, -0.05) is 28.9 Å². The summed E-state index contributed by atoms with van der Waals surface area (Å²) < 4.78 is 0.944. The average molecular weight is 375 g/mol. The first-order chi connectivity index (χ1) is 11.0. The van der Waals surface area contributed by atoms with Crippen molar-refractivity contribution in [2.75, 3.05) is 5.32 Å². The highest BCUT2D eigenvalue weighted by Crippen LogP contribution is 2.15. The zero-order chi connectivity index (χ0) is 16.8. The number of hydrogen-bond acceptors (Lipinski definition) is 2. The number of nitrogens with one attached hydrogen (secondary N) is 2. The van der Waals surface area contributed by atoms with Crippen LogP contribution in [-0.4, -0.2) is 17.9 Å². The molecule has 120 valence electrons. The number of anilines is 1. The van der Waals surface area contributed by atoms with Gasteiger partial charge in [-0.05, 0) is 55.8 Å². The molecule has 1 atom stereocenters. The van der Waals surface area contributed by atoms with Crippen molar-refractivity contribution in [2.45, 2.75) is 26.3 Å². The van der Waals surface area contributed by atoms with Crippen molar-refractivity contribution in [3.63, 3.8) is 0 Å². The lowest BCUT2D eigenvalue weighted by Crippen LogP contribution is -2.32. The molecule has 2 aromatic rings. The minimum Gasteiger partial charge on any atom is -0.350 e. The zero-order valence-corrected chi connectivity index (χ0v) is 14.7. The molecule has 0 radical (unpaired) electrons. The van der Waals surface area contributed by atoms with Crippen molar-refractivity contribution in [1.82, 2.24) is 5.32 Å². The summed E-state index contributed by atoms with van der Waals surface area (Å²) >= 11 is 3.35. The van der Waals surface area contributed by atoms with E-state index in [2.05, 4.69) is 26.6 Å². The van der Waals surface area contributed by atoms with E-state index >= 15 is 0 Å². The fourth-order valence-electron chi connectivity index (χ4n) is 1.95. The van der Waals surface area contributed by atoms with Gasteiger partial charge in [0.2, 0.25) is 0 Å². The normalized spacial score (nSPS) is 11.6. The van der Waals surface area contributed by atoms with Crippen LogP contribution < -0.4 is 10.6 Å². The molecule has 0 aliphatic carbocycles. The topological polar surface area (TPSA) is 58.2 Å². The Labute approximate surface area is 144 Å². The van der Waals surface area contributed by atoms with E-state index in [-0.39, 0.29) is 17.9 Å². The smallest absolute Gasteiger partial charge is 0.255 e. The maximum Gasteiger partial charge on any atom is 0.255 e. The van der Waals surface area contributed by atoms with Crippen LogP contribution in [0.5, 0.6) is 0 Å². The predicted octanol–water partition coefficient (Wildman–Crippen LogP) is 4.23. The molecule has 2 rings (SSSR count). The molecule has 0 heterocycles. The molecule has 0 aliphatic heterocycles. The van der Waals surface area contributed by atoms with Gasteiger partial charge in [-0.25, -0.2) is 0 Å². The van der Waals surface area contributed by atoms with E-state index in [4.69, 9.17) is 0 Å². The van der Waals surface area contributed by atoms with Crippen molar-refractivity contribution >= 4 is 33.4 Å². The van der Waals surface area contributed by atoms with Crippen LogP contribution in [0.2, 0.25) is 0 Å². The summed E-state index contributed by atoms with van der Waals surface area (Å²) in [5, 5.41) is 5.70. The number of benzene rings is 2. The summed E-state index contributed by atoms with van der Waals surface area (Å²) in [6, 6.07) is 14.1. The van der Waals surface area contributed by atoms with Gasteiger partial charge >= 0.3 is 0 Å². The second-order valence-electron chi connectivity index (χ2n) is 5.32. The Balaban J connectivity index is 2.10. The highest BCUT2D eigenvalue weighted by molar-refractivity contribution is 9.10. The van der Waals surface area contributed by atoms with Crippen LogP contribution >= 0.6 is 15.9 Å². The number of amides is 2. The molecule has 1 unspecified atom stereocenters. The van der Waals surface area contributed by atoms with Crippen LogP contribution in [0.1, 0.15) is 41.0 Å². The molecule has 0 saturated heterocycles. The molecule has 23 heavy (non-hydrogen) atoms. The molecule has 2 N–H and O–H groups in total. The summed E-state index contributed by atoms with van der Waals surface area (Å²) in [7, 11) is 0. The van der Waals surface area contributed by atoms with Gasteiger partial charge in [0.25, 0.3) is 11.8 Å². The molecule has 2 amide bonds. The van der Waals surface area contributed by atoms with Crippen LogP contribution in [0.3, 0.4) is 0 Å². The number of rotatable bonds is 5. The van der Waals surface area contributed by atoms with E-state index in [9.17, 15) is 9.59 Å². The van der Waals surface area contributed by atoms with Gasteiger partial charge in [-0.2, -0.15) is 0 Å². The third-order valence-electron chi connectivity index (χ3n) is 3.48. The average Bonchev–Trinajstić information content (AvgIpc) is 2.56. The molecular weight excluding hydrogens is 356 g/mol. The van der Waals surface area contributed by atoms with Gasteiger partial charge in [0.15, 0.2) is 0 Å². The second kappa shape index (κ2) is 7.92. The Bertz CT molecular complexity index is 698. The van der Waals surface area contributed by atoms with Crippen LogP contribution in [0.4, 0.5) is 5.69 Å². The monoisotopic (exact) mass is 374 g/mol. The molecule has 4 nitrogen and oxygen atoms in total. The van der Waals surface area contributed by atoms with E-state index in [1.807, 2.05) is 38.1 Å². The fourth-order valence-corrected chi connectivity index (χ4v) is 2.21. The van der Waals surface area contributed by atoms with Gasteiger partial charge in [-0.15, -0.1) is 0 Å². The minimum atomic E-state index is -0.245. The maximum atomic E-state index is 12.3. The van der Waals surface area contributed by atoms with Crippen molar-refractivity contribution in [2.24, 2.45) is 0 Å². The summed E-state index contributed by atoms with van der Waals surface area (Å²) in [6.07, 6.45) is 0.857. The zero-order valence-electron chi connectivity index (χ0n) is 13.1. The highest BCUT2D eigenvalue weighted by atomic mass is 79.9. The van der Waals surface area contributed by atoms with E-state index < -0.39 is 0 Å². The number of carbonyl (C=O) groups is 2. The van der Waals surface area contributed by atoms with Crippen molar-refractivity contribution in [1.29, 1.82) is 0 Å². The highest BCUT2D eigenvalue weighted by Gasteiger charge is 2.12. The molecule has 2 aromatic carbocycles.